The number of Topliss-reactive ketones (excluding diaryl/α,β-unsaturated/α-hetero) is 1. The van der Waals surface area contributed by atoms with Crippen LogP contribution in [0.1, 0.15) is 24.8 Å². The van der Waals surface area contributed by atoms with Gasteiger partial charge in [-0.2, -0.15) is 10.5 Å². The quantitative estimate of drug-likeness (QED) is 0.769. The first-order chi connectivity index (χ1) is 7.69. The lowest BCUT2D eigenvalue weighted by Gasteiger charge is -2.15. The second-order valence-electron chi connectivity index (χ2n) is 3.66. The average molecular weight is 212 g/mol. The highest BCUT2D eigenvalue weighted by Crippen LogP contribution is 2.27. The lowest BCUT2D eigenvalue weighted by atomic mass is 9.84. The highest BCUT2D eigenvalue weighted by Gasteiger charge is 2.24. The van der Waals surface area contributed by atoms with Crippen molar-refractivity contribution in [2.45, 2.75) is 19.3 Å². The summed E-state index contributed by atoms with van der Waals surface area (Å²) in [5, 5.41) is 17.8. The van der Waals surface area contributed by atoms with E-state index in [0.717, 1.165) is 5.56 Å². The summed E-state index contributed by atoms with van der Waals surface area (Å²) in [6.45, 7) is 1.47. The number of nitrogens with zero attached hydrogens (tertiary/aromatic N) is 2. The Kier molecular flexibility index (Phi) is 4.24. The molecule has 1 unspecified atom stereocenters. The molecule has 0 aromatic heterocycles. The fourth-order valence-corrected chi connectivity index (χ4v) is 1.65. The molecule has 0 saturated carbocycles. The number of carbonyl (C=O) groups is 1. The molecule has 16 heavy (non-hydrogen) atoms. The molecule has 0 aliphatic rings. The van der Waals surface area contributed by atoms with E-state index in [1.807, 2.05) is 42.5 Å². The number of hydrogen-bond donors (Lipinski definition) is 0. The van der Waals surface area contributed by atoms with Crippen LogP contribution in [0.25, 0.3) is 0 Å². The average Bonchev–Trinajstić information content (AvgIpc) is 2.30. The Labute approximate surface area is 94.9 Å². The number of carbonyl (C=O) groups excluding carboxylic acids is 1. The molecule has 1 atom stereocenters. The second-order valence-corrected chi connectivity index (χ2v) is 3.66. The van der Waals surface area contributed by atoms with E-state index in [4.69, 9.17) is 10.5 Å². The minimum atomic E-state index is -0.772. The minimum Gasteiger partial charge on any atom is -0.300 e. The number of hydrogen-bond acceptors (Lipinski definition) is 3. The van der Waals surface area contributed by atoms with E-state index in [0.29, 0.717) is 0 Å². The molecule has 0 N–H and O–H groups in total. The molecule has 0 aliphatic carbocycles. The lowest BCUT2D eigenvalue weighted by molar-refractivity contribution is -0.117. The maximum absolute atomic E-state index is 11.1. The minimum absolute atomic E-state index is 0.00986. The van der Waals surface area contributed by atoms with E-state index in [1.54, 1.807) is 0 Å². The van der Waals surface area contributed by atoms with Crippen LogP contribution in [0.5, 0.6) is 0 Å². The Morgan fingerprint density at radius 1 is 1.25 bits per heavy atom. The maximum Gasteiger partial charge on any atom is 0.140 e. The Balaban J connectivity index is 3.02. The van der Waals surface area contributed by atoms with Gasteiger partial charge in [-0.3, -0.25) is 0 Å². The smallest absolute Gasteiger partial charge is 0.140 e. The monoisotopic (exact) mass is 212 g/mol. The van der Waals surface area contributed by atoms with Gasteiger partial charge in [0, 0.05) is 12.3 Å². The van der Waals surface area contributed by atoms with Crippen molar-refractivity contribution in [2.24, 2.45) is 5.92 Å². The first kappa shape index (κ1) is 11.9. The summed E-state index contributed by atoms with van der Waals surface area (Å²) in [4.78, 5) is 11.1. The summed E-state index contributed by atoms with van der Waals surface area (Å²) in [6.07, 6.45) is 0.232. The highest BCUT2D eigenvalue weighted by atomic mass is 16.1. The van der Waals surface area contributed by atoms with E-state index >= 15 is 0 Å². The van der Waals surface area contributed by atoms with E-state index < -0.39 is 5.92 Å². The van der Waals surface area contributed by atoms with Crippen LogP contribution in [0.3, 0.4) is 0 Å². The van der Waals surface area contributed by atoms with Crippen LogP contribution < -0.4 is 0 Å². The van der Waals surface area contributed by atoms with Gasteiger partial charge in [0.25, 0.3) is 0 Å². The molecule has 0 radical (unpaired) electrons. The van der Waals surface area contributed by atoms with Crippen molar-refractivity contribution >= 4 is 5.78 Å². The molecule has 3 heteroatoms. The van der Waals surface area contributed by atoms with Crippen molar-refractivity contribution in [3.63, 3.8) is 0 Å². The van der Waals surface area contributed by atoms with E-state index in [-0.39, 0.29) is 18.1 Å². The predicted octanol–water partition coefficient (Wildman–Crippen LogP) is 2.41. The molecule has 3 nitrogen and oxygen atoms in total. The summed E-state index contributed by atoms with van der Waals surface area (Å²) < 4.78 is 0. The van der Waals surface area contributed by atoms with Gasteiger partial charge in [0.2, 0.25) is 0 Å². The number of benzene rings is 1. The van der Waals surface area contributed by atoms with Gasteiger partial charge in [-0.1, -0.05) is 30.3 Å². The van der Waals surface area contributed by atoms with Gasteiger partial charge in [-0.05, 0) is 12.5 Å². The lowest BCUT2D eigenvalue weighted by Crippen LogP contribution is -2.13. The molecule has 0 saturated heterocycles. The molecule has 0 fully saturated rings. The fourth-order valence-electron chi connectivity index (χ4n) is 1.65. The van der Waals surface area contributed by atoms with Crippen molar-refractivity contribution in [2.75, 3.05) is 0 Å². The Hall–Kier alpha value is -2.13. The van der Waals surface area contributed by atoms with Crippen molar-refractivity contribution < 1.29 is 4.79 Å². The molecule has 0 aliphatic heterocycles. The summed E-state index contributed by atoms with van der Waals surface area (Å²) in [7, 11) is 0. The Morgan fingerprint density at radius 3 is 2.25 bits per heavy atom. The number of ketones is 1. The molecule has 0 amide bonds. The largest absolute Gasteiger partial charge is 0.300 e. The van der Waals surface area contributed by atoms with Crippen LogP contribution in [-0.2, 0) is 4.79 Å². The van der Waals surface area contributed by atoms with Crippen LogP contribution in [-0.4, -0.2) is 5.78 Å². The maximum atomic E-state index is 11.1. The Morgan fingerprint density at radius 2 is 1.81 bits per heavy atom. The predicted molar refractivity (Wildman–Crippen MR) is 59.2 cm³/mol. The molecule has 1 rings (SSSR count). The third-order valence-corrected chi connectivity index (χ3v) is 2.42. The van der Waals surface area contributed by atoms with Crippen LogP contribution in [0, 0.1) is 28.6 Å². The summed E-state index contributed by atoms with van der Waals surface area (Å²) in [5.74, 6) is -1.11. The standard InChI is InChI=1S/C13H12N2O/c1-10(16)7-13(12(8-14)9-15)11-5-3-2-4-6-11/h2-6,12-13H,7H2,1H3. The van der Waals surface area contributed by atoms with Crippen LogP contribution in [0.15, 0.2) is 30.3 Å². The first-order valence-corrected chi connectivity index (χ1v) is 5.02. The first-order valence-electron chi connectivity index (χ1n) is 5.02. The summed E-state index contributed by atoms with van der Waals surface area (Å²) >= 11 is 0. The van der Waals surface area contributed by atoms with Crippen molar-refractivity contribution in [1.82, 2.24) is 0 Å². The normalized spacial score (nSPS) is 11.5. The Bertz CT molecular complexity index is 425. The second kappa shape index (κ2) is 5.68. The molecular formula is C13H12N2O. The van der Waals surface area contributed by atoms with E-state index in [9.17, 15) is 4.79 Å². The molecular weight excluding hydrogens is 200 g/mol. The van der Waals surface area contributed by atoms with Gasteiger partial charge in [0.15, 0.2) is 0 Å². The third kappa shape index (κ3) is 2.93. The van der Waals surface area contributed by atoms with Crippen molar-refractivity contribution in [3.8, 4) is 12.1 Å². The van der Waals surface area contributed by atoms with Crippen molar-refractivity contribution in [1.29, 1.82) is 10.5 Å². The number of nitriles is 2. The molecule has 0 bridgehead atoms. The zero-order chi connectivity index (χ0) is 12.0. The number of rotatable bonds is 4. The fraction of sp³-hybridized carbons (Fsp3) is 0.308. The zero-order valence-corrected chi connectivity index (χ0v) is 9.05. The van der Waals surface area contributed by atoms with E-state index in [2.05, 4.69) is 0 Å². The van der Waals surface area contributed by atoms with Crippen molar-refractivity contribution in [3.05, 3.63) is 35.9 Å². The van der Waals surface area contributed by atoms with Gasteiger partial charge in [0.1, 0.15) is 11.7 Å². The SMILES string of the molecule is CC(=O)CC(c1ccccc1)C(C#N)C#N. The molecule has 80 valence electrons. The molecule has 0 spiro atoms. The van der Waals surface area contributed by atoms with Gasteiger partial charge < -0.3 is 4.79 Å². The van der Waals surface area contributed by atoms with Gasteiger partial charge >= 0.3 is 0 Å². The summed E-state index contributed by atoms with van der Waals surface area (Å²) in [5.41, 5.74) is 0.866. The molecule has 0 heterocycles. The topological polar surface area (TPSA) is 64.7 Å². The van der Waals surface area contributed by atoms with Crippen LogP contribution >= 0.6 is 0 Å². The summed E-state index contributed by atoms with van der Waals surface area (Å²) in [6, 6.07) is 13.1. The van der Waals surface area contributed by atoms with Gasteiger partial charge in [0.05, 0.1) is 12.1 Å². The molecule has 1 aromatic carbocycles. The van der Waals surface area contributed by atoms with Crippen LogP contribution in [0.4, 0.5) is 0 Å². The highest BCUT2D eigenvalue weighted by molar-refractivity contribution is 5.76. The zero-order valence-electron chi connectivity index (χ0n) is 9.05. The van der Waals surface area contributed by atoms with Crippen LogP contribution in [0.2, 0.25) is 0 Å². The third-order valence-electron chi connectivity index (χ3n) is 2.42. The van der Waals surface area contributed by atoms with Gasteiger partial charge in [-0.15, -0.1) is 0 Å². The van der Waals surface area contributed by atoms with Gasteiger partial charge in [-0.25, -0.2) is 0 Å². The van der Waals surface area contributed by atoms with E-state index in [1.165, 1.54) is 6.92 Å². The molecule has 1 aromatic rings.